The van der Waals surface area contributed by atoms with E-state index in [0.29, 0.717) is 24.4 Å². The van der Waals surface area contributed by atoms with Crippen molar-refractivity contribution in [1.29, 1.82) is 0 Å². The Morgan fingerprint density at radius 2 is 2.08 bits per heavy atom. The number of hydrogen-bond acceptors (Lipinski definition) is 5. The summed E-state index contributed by atoms with van der Waals surface area (Å²) in [5, 5.41) is 10.8. The Balaban J connectivity index is 2.00. The summed E-state index contributed by atoms with van der Waals surface area (Å²) in [5.74, 6) is 0.608. The van der Waals surface area contributed by atoms with Gasteiger partial charge in [-0.3, -0.25) is 10.1 Å². The number of non-ortho nitro benzene ring substituents is 1. The van der Waals surface area contributed by atoms with Crippen LogP contribution in [-0.4, -0.2) is 40.7 Å². The molecule has 2 rings (SSSR count). The standard InChI is InChI=1S/C17H24N2O5/c1-12-10-13(19(21)22)7-8-15(12)23-14-6-5-9-18(11-14)16(20)24-17(2,3)4/h7-8,10,14H,5-6,9,11H2,1-4H3. The largest absolute Gasteiger partial charge is 0.488 e. The summed E-state index contributed by atoms with van der Waals surface area (Å²) in [6.07, 6.45) is 1.17. The summed E-state index contributed by atoms with van der Waals surface area (Å²) in [5.41, 5.74) is 0.220. The second kappa shape index (κ2) is 7.07. The number of carbonyl (C=O) groups is 1. The van der Waals surface area contributed by atoms with Gasteiger partial charge in [0.1, 0.15) is 17.5 Å². The molecule has 1 atom stereocenters. The van der Waals surface area contributed by atoms with Crippen LogP contribution in [0.15, 0.2) is 18.2 Å². The molecule has 1 aliphatic heterocycles. The highest BCUT2D eigenvalue weighted by atomic mass is 16.6. The number of amides is 1. The fraction of sp³-hybridized carbons (Fsp3) is 0.588. The quantitative estimate of drug-likeness (QED) is 0.621. The van der Waals surface area contributed by atoms with Gasteiger partial charge in [0.15, 0.2) is 0 Å². The number of piperidine rings is 1. The molecule has 0 aliphatic carbocycles. The first-order valence-corrected chi connectivity index (χ1v) is 8.05. The molecule has 132 valence electrons. The number of benzene rings is 1. The number of nitrogens with zero attached hydrogens (tertiary/aromatic N) is 2. The minimum atomic E-state index is -0.528. The summed E-state index contributed by atoms with van der Waals surface area (Å²) in [6, 6.07) is 4.53. The molecule has 1 aromatic carbocycles. The molecular weight excluding hydrogens is 312 g/mol. The molecule has 1 heterocycles. The fourth-order valence-corrected chi connectivity index (χ4v) is 2.59. The predicted octanol–water partition coefficient (Wildman–Crippen LogP) is 3.68. The van der Waals surface area contributed by atoms with Gasteiger partial charge in [0, 0.05) is 18.7 Å². The van der Waals surface area contributed by atoms with Crippen molar-refractivity contribution in [3.05, 3.63) is 33.9 Å². The maximum absolute atomic E-state index is 12.2. The summed E-state index contributed by atoms with van der Waals surface area (Å²) < 4.78 is 11.4. The lowest BCUT2D eigenvalue weighted by Gasteiger charge is -2.34. The van der Waals surface area contributed by atoms with Crippen LogP contribution in [0.3, 0.4) is 0 Å². The zero-order chi connectivity index (χ0) is 17.9. The van der Waals surface area contributed by atoms with Crippen LogP contribution in [-0.2, 0) is 4.74 Å². The Kier molecular flexibility index (Phi) is 5.31. The van der Waals surface area contributed by atoms with Gasteiger partial charge in [0.2, 0.25) is 0 Å². The number of carbonyl (C=O) groups excluding carboxylic acids is 1. The third-order valence-corrected chi connectivity index (χ3v) is 3.69. The van der Waals surface area contributed by atoms with Crippen molar-refractivity contribution in [2.24, 2.45) is 0 Å². The van der Waals surface area contributed by atoms with Gasteiger partial charge in [0.05, 0.1) is 11.5 Å². The third kappa shape index (κ3) is 4.84. The second-order valence-electron chi connectivity index (χ2n) is 7.02. The van der Waals surface area contributed by atoms with E-state index in [2.05, 4.69) is 0 Å². The molecule has 0 saturated carbocycles. The zero-order valence-corrected chi connectivity index (χ0v) is 14.6. The molecule has 24 heavy (non-hydrogen) atoms. The van der Waals surface area contributed by atoms with Gasteiger partial charge in [-0.05, 0) is 52.2 Å². The number of nitro groups is 1. The lowest BCUT2D eigenvalue weighted by molar-refractivity contribution is -0.384. The van der Waals surface area contributed by atoms with Crippen LogP contribution in [0.5, 0.6) is 5.75 Å². The number of rotatable bonds is 3. The maximum atomic E-state index is 12.2. The first kappa shape index (κ1) is 18.0. The molecule has 0 radical (unpaired) electrons. The van der Waals surface area contributed by atoms with Crippen LogP contribution >= 0.6 is 0 Å². The summed E-state index contributed by atoms with van der Waals surface area (Å²) in [4.78, 5) is 24.2. The van der Waals surface area contributed by atoms with Crippen LogP contribution in [0.1, 0.15) is 39.2 Å². The van der Waals surface area contributed by atoms with E-state index in [0.717, 1.165) is 12.8 Å². The molecule has 0 spiro atoms. The van der Waals surface area contributed by atoms with E-state index in [-0.39, 0.29) is 17.9 Å². The van der Waals surface area contributed by atoms with E-state index < -0.39 is 10.5 Å². The Labute approximate surface area is 141 Å². The molecule has 1 unspecified atom stereocenters. The second-order valence-corrected chi connectivity index (χ2v) is 7.02. The summed E-state index contributed by atoms with van der Waals surface area (Å²) in [6.45, 7) is 8.38. The average Bonchev–Trinajstić information content (AvgIpc) is 2.47. The molecule has 1 saturated heterocycles. The lowest BCUT2D eigenvalue weighted by atomic mass is 10.1. The van der Waals surface area contributed by atoms with Crippen LogP contribution in [0.2, 0.25) is 0 Å². The van der Waals surface area contributed by atoms with Gasteiger partial charge in [-0.1, -0.05) is 0 Å². The first-order valence-electron chi connectivity index (χ1n) is 8.05. The molecule has 1 aliphatic rings. The predicted molar refractivity (Wildman–Crippen MR) is 89.3 cm³/mol. The summed E-state index contributed by atoms with van der Waals surface area (Å²) in [7, 11) is 0. The normalized spacial score (nSPS) is 18.2. The first-order chi connectivity index (χ1) is 11.2. The minimum absolute atomic E-state index is 0.0406. The topological polar surface area (TPSA) is 81.9 Å². The molecule has 1 aromatic rings. The van der Waals surface area contributed by atoms with Gasteiger partial charge in [0.25, 0.3) is 5.69 Å². The van der Waals surface area contributed by atoms with Crippen molar-refractivity contribution in [2.45, 2.75) is 52.2 Å². The zero-order valence-electron chi connectivity index (χ0n) is 14.6. The summed E-state index contributed by atoms with van der Waals surface area (Å²) >= 11 is 0. The van der Waals surface area contributed by atoms with Crippen LogP contribution in [0.4, 0.5) is 10.5 Å². The number of aryl methyl sites for hydroxylation is 1. The van der Waals surface area contributed by atoms with Crippen LogP contribution < -0.4 is 4.74 Å². The highest BCUT2D eigenvalue weighted by Crippen LogP contribution is 2.26. The average molecular weight is 336 g/mol. The molecule has 1 fully saturated rings. The smallest absolute Gasteiger partial charge is 0.410 e. The molecule has 0 N–H and O–H groups in total. The van der Waals surface area contributed by atoms with Crippen LogP contribution in [0.25, 0.3) is 0 Å². The lowest BCUT2D eigenvalue weighted by Crippen LogP contribution is -2.46. The molecule has 7 nitrogen and oxygen atoms in total. The Bertz CT molecular complexity index is 624. The van der Waals surface area contributed by atoms with E-state index in [9.17, 15) is 14.9 Å². The van der Waals surface area contributed by atoms with Crippen molar-refractivity contribution >= 4 is 11.8 Å². The van der Waals surface area contributed by atoms with Gasteiger partial charge in [-0.15, -0.1) is 0 Å². The van der Waals surface area contributed by atoms with E-state index in [1.165, 1.54) is 12.1 Å². The minimum Gasteiger partial charge on any atom is -0.488 e. The van der Waals surface area contributed by atoms with Crippen molar-refractivity contribution in [3.8, 4) is 5.75 Å². The highest BCUT2D eigenvalue weighted by Gasteiger charge is 2.28. The maximum Gasteiger partial charge on any atom is 0.410 e. The van der Waals surface area contributed by atoms with E-state index in [1.807, 2.05) is 20.8 Å². The van der Waals surface area contributed by atoms with E-state index in [4.69, 9.17) is 9.47 Å². The number of ether oxygens (including phenoxy) is 2. The monoisotopic (exact) mass is 336 g/mol. The molecule has 7 heteroatoms. The number of likely N-dealkylation sites (tertiary alicyclic amines) is 1. The van der Waals surface area contributed by atoms with Crippen molar-refractivity contribution in [2.75, 3.05) is 13.1 Å². The van der Waals surface area contributed by atoms with Gasteiger partial charge < -0.3 is 14.4 Å². The Morgan fingerprint density at radius 3 is 2.67 bits per heavy atom. The van der Waals surface area contributed by atoms with E-state index >= 15 is 0 Å². The molecule has 0 bridgehead atoms. The van der Waals surface area contributed by atoms with Crippen LogP contribution in [0, 0.1) is 17.0 Å². The van der Waals surface area contributed by atoms with Crippen molar-refractivity contribution in [3.63, 3.8) is 0 Å². The number of nitro benzene ring substituents is 1. The van der Waals surface area contributed by atoms with Gasteiger partial charge >= 0.3 is 6.09 Å². The molecular formula is C17H24N2O5. The Hall–Kier alpha value is -2.31. The van der Waals surface area contributed by atoms with E-state index in [1.54, 1.807) is 17.9 Å². The molecule has 0 aromatic heterocycles. The SMILES string of the molecule is Cc1cc([N+](=O)[O-])ccc1OC1CCCN(C(=O)OC(C)(C)C)C1. The molecule has 1 amide bonds. The Morgan fingerprint density at radius 1 is 1.38 bits per heavy atom. The third-order valence-electron chi connectivity index (χ3n) is 3.69. The van der Waals surface area contributed by atoms with Gasteiger partial charge in [-0.25, -0.2) is 4.79 Å². The fourth-order valence-electron chi connectivity index (χ4n) is 2.59. The van der Waals surface area contributed by atoms with Gasteiger partial charge in [-0.2, -0.15) is 0 Å². The number of hydrogen-bond donors (Lipinski definition) is 0. The van der Waals surface area contributed by atoms with Crippen molar-refractivity contribution < 1.29 is 19.2 Å². The highest BCUT2D eigenvalue weighted by molar-refractivity contribution is 5.68. The van der Waals surface area contributed by atoms with Crippen molar-refractivity contribution in [1.82, 2.24) is 4.90 Å².